The van der Waals surface area contributed by atoms with E-state index in [1.165, 1.54) is 42.3 Å². The summed E-state index contributed by atoms with van der Waals surface area (Å²) in [5, 5.41) is 14.2. The quantitative estimate of drug-likeness (QED) is 0.107. The first-order valence-corrected chi connectivity index (χ1v) is 30.2. The third-order valence-electron chi connectivity index (χ3n) is 17.1. The second kappa shape index (κ2) is 18.6. The van der Waals surface area contributed by atoms with E-state index in [2.05, 4.69) is 293 Å². The maximum atomic E-state index is 6.75. The van der Waals surface area contributed by atoms with Gasteiger partial charge >= 0.3 is 0 Å². The lowest BCUT2D eigenvalue weighted by molar-refractivity contribution is 0.669. The summed E-state index contributed by atoms with van der Waals surface area (Å²) in [7, 11) is -2.83. The second-order valence-corrected chi connectivity index (χ2v) is 25.3. The van der Waals surface area contributed by atoms with Gasteiger partial charge in [0.2, 0.25) is 5.95 Å². The minimum Gasteiger partial charge on any atom is -0.455 e. The van der Waals surface area contributed by atoms with Crippen molar-refractivity contribution in [1.82, 2.24) is 28.7 Å². The normalized spacial score (nSPS) is 12.1. The van der Waals surface area contributed by atoms with Crippen LogP contribution in [0.4, 0.5) is 0 Å². The number of benzene rings is 12. The summed E-state index contributed by atoms with van der Waals surface area (Å²) >= 11 is 0. The van der Waals surface area contributed by atoms with Gasteiger partial charge in [-0.15, -0.1) is 0 Å². The van der Waals surface area contributed by atoms with Crippen molar-refractivity contribution < 1.29 is 4.42 Å². The molecule has 17 rings (SSSR count). The zero-order chi connectivity index (χ0) is 54.6. The van der Waals surface area contributed by atoms with Crippen LogP contribution in [0.2, 0.25) is 0 Å². The Labute approximate surface area is 477 Å². The summed E-state index contributed by atoms with van der Waals surface area (Å²) in [4.78, 5) is 16.6. The Hall–Kier alpha value is -10.9. The van der Waals surface area contributed by atoms with Gasteiger partial charge in [-0.05, 0) is 93.5 Å². The Balaban J connectivity index is 0.927. The average molecular weight is 1080 g/mol. The van der Waals surface area contributed by atoms with E-state index in [0.29, 0.717) is 17.6 Å². The van der Waals surface area contributed by atoms with Crippen molar-refractivity contribution in [3.8, 4) is 40.1 Å². The van der Waals surface area contributed by atoms with Crippen LogP contribution >= 0.6 is 0 Å². The number of nitrogens with zero attached hydrogens (tertiary/aromatic N) is 6. The zero-order valence-electron chi connectivity index (χ0n) is 44.8. The molecule has 12 aromatic carbocycles. The van der Waals surface area contributed by atoms with Crippen LogP contribution in [0.1, 0.15) is 0 Å². The highest BCUT2D eigenvalue weighted by molar-refractivity contribution is 7.19. The summed E-state index contributed by atoms with van der Waals surface area (Å²) in [5.41, 5.74) is 11.8. The number of para-hydroxylation sites is 6. The molecule has 0 radical (unpaired) electrons. The number of hydrogen-bond acceptors (Lipinski definition) is 4. The van der Waals surface area contributed by atoms with Gasteiger partial charge in [0.1, 0.15) is 11.2 Å². The van der Waals surface area contributed by atoms with Gasteiger partial charge in [-0.1, -0.05) is 218 Å². The van der Waals surface area contributed by atoms with E-state index in [-0.39, 0.29) is 0 Å². The van der Waals surface area contributed by atoms with Gasteiger partial charge in [0.05, 0.1) is 38.7 Å². The molecule has 0 atom stereocenters. The van der Waals surface area contributed by atoms with Crippen LogP contribution in [-0.2, 0) is 0 Å². The fraction of sp³-hybridized carbons (Fsp3) is 0. The third kappa shape index (κ3) is 7.13. The van der Waals surface area contributed by atoms with E-state index in [0.717, 1.165) is 88.3 Å². The van der Waals surface area contributed by atoms with E-state index >= 15 is 0 Å². The smallest absolute Gasteiger partial charge is 0.238 e. The first-order valence-electron chi connectivity index (χ1n) is 28.2. The number of fused-ring (bicyclic) bond motifs is 12. The molecule has 5 heterocycles. The maximum Gasteiger partial charge on any atom is 0.238 e. The first kappa shape index (κ1) is 46.9. The number of furan rings is 1. The number of hydrogen-bond donors (Lipinski definition) is 0. The summed E-state index contributed by atoms with van der Waals surface area (Å²) in [6.45, 7) is 0. The monoisotopic (exact) mass is 1080 g/mol. The predicted octanol–water partition coefficient (Wildman–Crippen LogP) is 15.8. The molecule has 0 saturated carbocycles. The van der Waals surface area contributed by atoms with Crippen LogP contribution in [0.25, 0.3) is 127 Å². The van der Waals surface area contributed by atoms with Crippen LogP contribution in [-0.4, -0.2) is 36.7 Å². The summed E-state index contributed by atoms with van der Waals surface area (Å²) < 4.78 is 13.8. The molecule has 0 fully saturated rings. The fourth-order valence-electron chi connectivity index (χ4n) is 13.5. The van der Waals surface area contributed by atoms with Gasteiger partial charge in [-0.3, -0.25) is 4.57 Å². The molecule has 17 aromatic rings. The fourth-order valence-corrected chi connectivity index (χ4v) is 18.2. The standard InChI is InChI=1S/C75H48N6OSi/c1-4-21-52(22-5-1)83(53-23-6-2-7-24-53,54-25-8-3-9-26-54)55-43-39-49(40-44-55)73-76-74(62-33-20-32-61-60-31-14-19-38-71(60)82-72(61)62)78-75(77-73)81-69-45-41-50(79-65-34-15-10-27-56(65)57-28-11-16-35-66(57)79)47-63(69)64-48-51(42-46-70(64)81)80-67-36-17-12-29-58(67)59-30-13-18-37-68(59)80/h1-48H. The molecule has 83 heavy (non-hydrogen) atoms. The lowest BCUT2D eigenvalue weighted by Crippen LogP contribution is -2.74. The molecule has 0 aliphatic heterocycles. The Morgan fingerprint density at radius 2 is 0.675 bits per heavy atom. The molecule has 5 aromatic heterocycles. The van der Waals surface area contributed by atoms with Gasteiger partial charge in [0, 0.05) is 60.0 Å². The van der Waals surface area contributed by atoms with Crippen molar-refractivity contribution in [1.29, 1.82) is 0 Å². The van der Waals surface area contributed by atoms with E-state index < -0.39 is 8.07 Å². The highest BCUT2D eigenvalue weighted by atomic mass is 28.3. The van der Waals surface area contributed by atoms with Crippen molar-refractivity contribution in [3.63, 3.8) is 0 Å². The molecular formula is C75H48N6OSi. The van der Waals surface area contributed by atoms with Crippen molar-refractivity contribution in [3.05, 3.63) is 291 Å². The molecule has 0 N–H and O–H groups in total. The Kier molecular flexibility index (Phi) is 10.5. The SMILES string of the molecule is c1ccc([Si](c2ccccc2)(c2ccccc2)c2ccc(-c3nc(-c4cccc5c4oc4ccccc45)nc(-n4c5ccc(-n6c7ccccc7c7ccccc76)cc5c5cc(-n6c7ccccc7c7ccccc76)ccc54)n3)cc2)cc1. The highest BCUT2D eigenvalue weighted by Crippen LogP contribution is 2.41. The van der Waals surface area contributed by atoms with Crippen LogP contribution in [0.3, 0.4) is 0 Å². The zero-order valence-corrected chi connectivity index (χ0v) is 45.8. The molecule has 0 spiro atoms. The third-order valence-corrected chi connectivity index (χ3v) is 21.9. The van der Waals surface area contributed by atoms with Crippen LogP contribution in [0, 0.1) is 0 Å². The lowest BCUT2D eigenvalue weighted by Gasteiger charge is -2.34. The van der Waals surface area contributed by atoms with Crippen LogP contribution in [0.5, 0.6) is 0 Å². The van der Waals surface area contributed by atoms with Gasteiger partial charge in [0.15, 0.2) is 19.7 Å². The summed E-state index contributed by atoms with van der Waals surface area (Å²) in [6.07, 6.45) is 0. The van der Waals surface area contributed by atoms with Crippen molar-refractivity contribution >= 4 is 116 Å². The number of aromatic nitrogens is 6. The van der Waals surface area contributed by atoms with E-state index in [4.69, 9.17) is 19.4 Å². The van der Waals surface area contributed by atoms with Gasteiger partial charge in [-0.25, -0.2) is 4.98 Å². The van der Waals surface area contributed by atoms with Crippen molar-refractivity contribution in [2.45, 2.75) is 0 Å². The molecule has 388 valence electrons. The molecule has 0 aliphatic rings. The Bertz CT molecular complexity index is 5020. The van der Waals surface area contributed by atoms with Crippen molar-refractivity contribution in [2.75, 3.05) is 0 Å². The van der Waals surface area contributed by atoms with Crippen LogP contribution in [0.15, 0.2) is 296 Å². The summed E-state index contributed by atoms with van der Waals surface area (Å²) in [6, 6.07) is 105. The Morgan fingerprint density at radius 1 is 0.277 bits per heavy atom. The van der Waals surface area contributed by atoms with Gasteiger partial charge in [-0.2, -0.15) is 9.97 Å². The molecule has 0 amide bonds. The molecular weight excluding hydrogens is 1030 g/mol. The average Bonchev–Trinajstić information content (AvgIpc) is 2.58. The highest BCUT2D eigenvalue weighted by Gasteiger charge is 2.41. The molecule has 0 unspecified atom stereocenters. The largest absolute Gasteiger partial charge is 0.455 e. The summed E-state index contributed by atoms with van der Waals surface area (Å²) in [5.74, 6) is 1.56. The predicted molar refractivity (Wildman–Crippen MR) is 345 cm³/mol. The minimum atomic E-state index is -2.83. The molecule has 0 aliphatic carbocycles. The topological polar surface area (TPSA) is 66.6 Å². The van der Waals surface area contributed by atoms with Gasteiger partial charge in [0.25, 0.3) is 0 Å². The number of rotatable bonds is 9. The van der Waals surface area contributed by atoms with E-state index in [9.17, 15) is 0 Å². The van der Waals surface area contributed by atoms with Gasteiger partial charge < -0.3 is 13.6 Å². The molecule has 0 bridgehead atoms. The van der Waals surface area contributed by atoms with E-state index in [1.807, 2.05) is 12.1 Å². The molecule has 8 heteroatoms. The maximum absolute atomic E-state index is 6.75. The van der Waals surface area contributed by atoms with Crippen molar-refractivity contribution in [2.24, 2.45) is 0 Å². The van der Waals surface area contributed by atoms with E-state index in [1.54, 1.807) is 0 Å². The Morgan fingerprint density at radius 3 is 1.17 bits per heavy atom. The minimum absolute atomic E-state index is 0.498. The second-order valence-electron chi connectivity index (χ2n) is 21.5. The lowest BCUT2D eigenvalue weighted by atomic mass is 10.1. The molecule has 7 nitrogen and oxygen atoms in total. The molecule has 0 saturated heterocycles. The first-order chi connectivity index (χ1) is 41.2. The van der Waals surface area contributed by atoms with Crippen LogP contribution < -0.4 is 20.7 Å².